The first-order valence-electron chi connectivity index (χ1n) is 6.79. The molecule has 0 aliphatic carbocycles. The van der Waals surface area contributed by atoms with E-state index in [1.807, 2.05) is 13.8 Å². The lowest BCUT2D eigenvalue weighted by Crippen LogP contribution is -2.56. The van der Waals surface area contributed by atoms with Crippen LogP contribution in [-0.2, 0) is 9.53 Å². The number of aromatic nitrogens is 1. The van der Waals surface area contributed by atoms with Gasteiger partial charge < -0.3 is 15.0 Å². The Labute approximate surface area is 128 Å². The van der Waals surface area contributed by atoms with Gasteiger partial charge in [-0.1, -0.05) is 11.6 Å². The highest BCUT2D eigenvalue weighted by Crippen LogP contribution is 2.15. The molecule has 0 aromatic carbocycles. The van der Waals surface area contributed by atoms with Gasteiger partial charge in [0, 0.05) is 24.3 Å². The maximum Gasteiger partial charge on any atom is 0.254 e. The summed E-state index contributed by atoms with van der Waals surface area (Å²) in [4.78, 5) is 30.1. The zero-order valence-electron chi connectivity index (χ0n) is 12.0. The number of nitrogens with zero attached hydrogens (tertiary/aromatic N) is 2. The van der Waals surface area contributed by atoms with Crippen molar-refractivity contribution in [2.45, 2.75) is 25.9 Å². The smallest absolute Gasteiger partial charge is 0.254 e. The van der Waals surface area contributed by atoms with E-state index in [9.17, 15) is 9.59 Å². The van der Waals surface area contributed by atoms with Crippen LogP contribution in [0.1, 0.15) is 24.2 Å². The van der Waals surface area contributed by atoms with Crippen molar-refractivity contribution in [1.29, 1.82) is 0 Å². The van der Waals surface area contributed by atoms with Crippen molar-refractivity contribution in [2.24, 2.45) is 0 Å². The van der Waals surface area contributed by atoms with E-state index in [-0.39, 0.29) is 29.6 Å². The second-order valence-electron chi connectivity index (χ2n) is 5.12. The van der Waals surface area contributed by atoms with Crippen LogP contribution in [0.4, 0.5) is 0 Å². The van der Waals surface area contributed by atoms with Crippen LogP contribution in [-0.4, -0.2) is 53.5 Å². The number of amides is 2. The molecule has 2 rings (SSSR count). The second kappa shape index (κ2) is 6.87. The molecule has 1 aliphatic heterocycles. The third kappa shape index (κ3) is 3.92. The van der Waals surface area contributed by atoms with Gasteiger partial charge >= 0.3 is 0 Å². The van der Waals surface area contributed by atoms with Crippen molar-refractivity contribution >= 4 is 23.4 Å². The molecule has 6 nitrogen and oxygen atoms in total. The summed E-state index contributed by atoms with van der Waals surface area (Å²) in [7, 11) is 0. The standard InChI is InChI=1S/C14H18ClN3O3/c1-9(2)17-13(19)11-8-21-6-5-18(11)14(20)10-3-4-16-12(15)7-10/h3-4,7,9,11H,5-6,8H2,1-2H3,(H,17,19). The zero-order valence-corrected chi connectivity index (χ0v) is 12.8. The molecule has 1 aromatic heterocycles. The van der Waals surface area contributed by atoms with E-state index in [0.717, 1.165) is 0 Å². The molecule has 1 aliphatic rings. The molecular formula is C14H18ClN3O3. The lowest BCUT2D eigenvalue weighted by atomic mass is 10.1. The van der Waals surface area contributed by atoms with Crippen molar-refractivity contribution < 1.29 is 14.3 Å². The van der Waals surface area contributed by atoms with Gasteiger partial charge in [-0.2, -0.15) is 0 Å². The molecule has 0 bridgehead atoms. The van der Waals surface area contributed by atoms with Crippen molar-refractivity contribution in [3.05, 3.63) is 29.0 Å². The molecule has 0 spiro atoms. The van der Waals surface area contributed by atoms with Crippen LogP contribution in [0.25, 0.3) is 0 Å². The van der Waals surface area contributed by atoms with E-state index in [0.29, 0.717) is 18.7 Å². The fraction of sp³-hybridized carbons (Fsp3) is 0.500. The largest absolute Gasteiger partial charge is 0.377 e. The molecule has 2 amide bonds. The summed E-state index contributed by atoms with van der Waals surface area (Å²) in [5.41, 5.74) is 0.416. The van der Waals surface area contributed by atoms with Gasteiger partial charge in [-0.25, -0.2) is 4.98 Å². The minimum absolute atomic E-state index is 0.00625. The Hall–Kier alpha value is -1.66. The SMILES string of the molecule is CC(C)NC(=O)C1COCCN1C(=O)c1ccnc(Cl)c1. The Morgan fingerprint density at radius 2 is 2.29 bits per heavy atom. The van der Waals surface area contributed by atoms with E-state index in [1.165, 1.54) is 17.2 Å². The fourth-order valence-electron chi connectivity index (χ4n) is 2.15. The average molecular weight is 312 g/mol. The molecule has 1 atom stereocenters. The Balaban J connectivity index is 2.18. The van der Waals surface area contributed by atoms with E-state index in [2.05, 4.69) is 10.3 Å². The van der Waals surface area contributed by atoms with Gasteiger partial charge in [0.05, 0.1) is 13.2 Å². The number of hydrogen-bond acceptors (Lipinski definition) is 4. The van der Waals surface area contributed by atoms with E-state index in [4.69, 9.17) is 16.3 Å². The van der Waals surface area contributed by atoms with Crippen LogP contribution in [0.2, 0.25) is 5.15 Å². The summed E-state index contributed by atoms with van der Waals surface area (Å²) in [5.74, 6) is -0.454. The molecule has 0 saturated carbocycles. The highest BCUT2D eigenvalue weighted by Gasteiger charge is 2.33. The summed E-state index contributed by atoms with van der Waals surface area (Å²) in [6.07, 6.45) is 1.47. The molecule has 1 unspecified atom stereocenters. The minimum atomic E-state index is -0.624. The second-order valence-corrected chi connectivity index (χ2v) is 5.51. The maximum atomic E-state index is 12.6. The maximum absolute atomic E-state index is 12.6. The normalized spacial score (nSPS) is 18.7. The minimum Gasteiger partial charge on any atom is -0.377 e. The molecule has 0 radical (unpaired) electrons. The topological polar surface area (TPSA) is 71.5 Å². The molecule has 1 saturated heterocycles. The Morgan fingerprint density at radius 3 is 2.95 bits per heavy atom. The van der Waals surface area contributed by atoms with Crippen LogP contribution in [0.15, 0.2) is 18.3 Å². The number of hydrogen-bond donors (Lipinski definition) is 1. The van der Waals surface area contributed by atoms with Crippen molar-refractivity contribution in [3.63, 3.8) is 0 Å². The Bertz CT molecular complexity index is 536. The fourth-order valence-corrected chi connectivity index (χ4v) is 2.32. The lowest BCUT2D eigenvalue weighted by molar-refractivity contribution is -0.131. The number of morpholine rings is 1. The third-order valence-corrected chi connectivity index (χ3v) is 3.30. The van der Waals surface area contributed by atoms with Crippen molar-refractivity contribution in [3.8, 4) is 0 Å². The predicted molar refractivity (Wildman–Crippen MR) is 78.2 cm³/mol. The summed E-state index contributed by atoms with van der Waals surface area (Å²) in [5, 5.41) is 3.06. The van der Waals surface area contributed by atoms with Gasteiger partial charge in [-0.15, -0.1) is 0 Å². The first-order chi connectivity index (χ1) is 9.99. The number of carbonyl (C=O) groups is 2. The number of rotatable bonds is 3. The Kier molecular flexibility index (Phi) is 5.14. The van der Waals surface area contributed by atoms with Gasteiger partial charge in [-0.05, 0) is 26.0 Å². The first-order valence-corrected chi connectivity index (χ1v) is 7.17. The number of pyridine rings is 1. The van der Waals surface area contributed by atoms with Crippen LogP contribution in [0.5, 0.6) is 0 Å². The number of halogens is 1. The summed E-state index contributed by atoms with van der Waals surface area (Å²) >= 11 is 5.81. The summed E-state index contributed by atoms with van der Waals surface area (Å²) in [6.45, 7) is 4.72. The number of nitrogens with one attached hydrogen (secondary N) is 1. The molecule has 2 heterocycles. The molecule has 21 heavy (non-hydrogen) atoms. The quantitative estimate of drug-likeness (QED) is 0.849. The van der Waals surface area contributed by atoms with Crippen LogP contribution >= 0.6 is 11.6 Å². The van der Waals surface area contributed by atoms with Crippen molar-refractivity contribution in [1.82, 2.24) is 15.2 Å². The number of ether oxygens (including phenoxy) is 1. The van der Waals surface area contributed by atoms with Crippen LogP contribution < -0.4 is 5.32 Å². The first kappa shape index (κ1) is 15.7. The van der Waals surface area contributed by atoms with Gasteiger partial charge in [0.15, 0.2) is 0 Å². The summed E-state index contributed by atoms with van der Waals surface area (Å²) in [6, 6.07) is 2.46. The molecular weight excluding hydrogens is 294 g/mol. The van der Waals surface area contributed by atoms with Crippen molar-refractivity contribution in [2.75, 3.05) is 19.8 Å². The lowest BCUT2D eigenvalue weighted by Gasteiger charge is -2.35. The molecule has 1 N–H and O–H groups in total. The monoisotopic (exact) mass is 311 g/mol. The number of carbonyl (C=O) groups excluding carboxylic acids is 2. The predicted octanol–water partition coefficient (Wildman–Crippen LogP) is 1.10. The van der Waals surface area contributed by atoms with Crippen LogP contribution in [0, 0.1) is 0 Å². The van der Waals surface area contributed by atoms with Gasteiger partial charge in [0.25, 0.3) is 5.91 Å². The highest BCUT2D eigenvalue weighted by molar-refractivity contribution is 6.29. The average Bonchev–Trinajstić information content (AvgIpc) is 2.46. The van der Waals surface area contributed by atoms with E-state index < -0.39 is 6.04 Å². The molecule has 7 heteroatoms. The molecule has 1 aromatic rings. The van der Waals surface area contributed by atoms with Gasteiger partial charge in [0.2, 0.25) is 5.91 Å². The van der Waals surface area contributed by atoms with E-state index >= 15 is 0 Å². The van der Waals surface area contributed by atoms with E-state index in [1.54, 1.807) is 6.07 Å². The Morgan fingerprint density at radius 1 is 1.52 bits per heavy atom. The zero-order chi connectivity index (χ0) is 15.4. The summed E-state index contributed by atoms with van der Waals surface area (Å²) < 4.78 is 5.33. The highest BCUT2D eigenvalue weighted by atomic mass is 35.5. The van der Waals surface area contributed by atoms with Gasteiger partial charge in [0.1, 0.15) is 11.2 Å². The van der Waals surface area contributed by atoms with Gasteiger partial charge in [-0.3, -0.25) is 9.59 Å². The molecule has 114 valence electrons. The third-order valence-electron chi connectivity index (χ3n) is 3.10. The molecule has 1 fully saturated rings. The van der Waals surface area contributed by atoms with Crippen LogP contribution in [0.3, 0.4) is 0 Å².